The van der Waals surface area contributed by atoms with Gasteiger partial charge in [0.25, 0.3) is 0 Å². The number of likely N-dealkylation sites (tertiary alicyclic amines) is 1. The van der Waals surface area contributed by atoms with Crippen molar-refractivity contribution in [1.82, 2.24) is 4.90 Å². The van der Waals surface area contributed by atoms with Crippen molar-refractivity contribution in [2.24, 2.45) is 17.6 Å². The molecular weight excluding hydrogens is 200 g/mol. The van der Waals surface area contributed by atoms with Gasteiger partial charge in [0.2, 0.25) is 0 Å². The number of nitrogens with zero attached hydrogens (tertiary/aromatic N) is 1. The van der Waals surface area contributed by atoms with E-state index in [1.165, 1.54) is 19.5 Å². The number of ether oxygens (including phenoxy) is 1. The minimum absolute atomic E-state index is 0.248. The van der Waals surface area contributed by atoms with E-state index in [-0.39, 0.29) is 6.10 Å². The van der Waals surface area contributed by atoms with Gasteiger partial charge in [-0.15, -0.1) is 0 Å². The highest BCUT2D eigenvalue weighted by atomic mass is 16.5. The summed E-state index contributed by atoms with van der Waals surface area (Å²) in [5.41, 5.74) is 5.69. The number of hydrogen-bond donors (Lipinski definition) is 1. The van der Waals surface area contributed by atoms with Gasteiger partial charge in [-0.3, -0.25) is 0 Å². The lowest BCUT2D eigenvalue weighted by Gasteiger charge is -2.35. The summed E-state index contributed by atoms with van der Waals surface area (Å²) >= 11 is 0. The Morgan fingerprint density at radius 2 is 1.94 bits per heavy atom. The van der Waals surface area contributed by atoms with Gasteiger partial charge in [0.05, 0.1) is 6.10 Å². The second-order valence-electron chi connectivity index (χ2n) is 5.31. The highest BCUT2D eigenvalue weighted by Crippen LogP contribution is 2.21. The third-order valence-corrected chi connectivity index (χ3v) is 3.38. The van der Waals surface area contributed by atoms with Crippen LogP contribution in [-0.4, -0.2) is 43.8 Å². The normalized spacial score (nSPS) is 29.2. The maximum absolute atomic E-state index is 5.69. The Labute approximate surface area is 100 Å². The van der Waals surface area contributed by atoms with Crippen LogP contribution in [0.3, 0.4) is 0 Å². The topological polar surface area (TPSA) is 38.5 Å². The van der Waals surface area contributed by atoms with Crippen LogP contribution in [0.25, 0.3) is 0 Å². The van der Waals surface area contributed by atoms with E-state index in [9.17, 15) is 0 Å². The number of nitrogens with two attached hydrogens (primary N) is 1. The zero-order valence-corrected chi connectivity index (χ0v) is 11.1. The maximum atomic E-state index is 5.69. The predicted molar refractivity (Wildman–Crippen MR) is 68.5 cm³/mol. The number of piperidine rings is 1. The summed E-state index contributed by atoms with van der Waals surface area (Å²) in [7, 11) is 0. The first-order valence-electron chi connectivity index (χ1n) is 6.69. The first-order valence-corrected chi connectivity index (χ1v) is 6.69. The summed E-state index contributed by atoms with van der Waals surface area (Å²) in [5, 5.41) is 0. The number of rotatable bonds is 6. The van der Waals surface area contributed by atoms with Crippen LogP contribution in [0, 0.1) is 11.8 Å². The molecule has 0 aromatic carbocycles. The molecule has 3 unspecified atom stereocenters. The lowest BCUT2D eigenvalue weighted by molar-refractivity contribution is 0.0460. The van der Waals surface area contributed by atoms with Crippen LogP contribution < -0.4 is 5.73 Å². The number of hydrogen-bond acceptors (Lipinski definition) is 3. The molecule has 1 saturated heterocycles. The van der Waals surface area contributed by atoms with Gasteiger partial charge >= 0.3 is 0 Å². The van der Waals surface area contributed by atoms with Crippen LogP contribution in [0.15, 0.2) is 0 Å². The van der Waals surface area contributed by atoms with Crippen molar-refractivity contribution in [1.29, 1.82) is 0 Å². The van der Waals surface area contributed by atoms with Gasteiger partial charge in [0, 0.05) is 32.8 Å². The molecule has 0 amide bonds. The van der Waals surface area contributed by atoms with Crippen LogP contribution in [-0.2, 0) is 4.74 Å². The van der Waals surface area contributed by atoms with Crippen molar-refractivity contribution in [2.45, 2.75) is 39.7 Å². The Morgan fingerprint density at radius 1 is 1.31 bits per heavy atom. The molecule has 1 aliphatic rings. The third kappa shape index (κ3) is 4.81. The van der Waals surface area contributed by atoms with Gasteiger partial charge in [-0.25, -0.2) is 0 Å². The molecule has 3 atom stereocenters. The van der Waals surface area contributed by atoms with Gasteiger partial charge in [0.1, 0.15) is 0 Å². The van der Waals surface area contributed by atoms with Crippen molar-refractivity contribution in [3.05, 3.63) is 0 Å². The van der Waals surface area contributed by atoms with Gasteiger partial charge in [-0.2, -0.15) is 0 Å². The Balaban J connectivity index is 2.25. The second-order valence-corrected chi connectivity index (χ2v) is 5.31. The van der Waals surface area contributed by atoms with Crippen LogP contribution in [0.2, 0.25) is 0 Å². The van der Waals surface area contributed by atoms with Gasteiger partial charge in [0.15, 0.2) is 0 Å². The summed E-state index contributed by atoms with van der Waals surface area (Å²) in [6.45, 7) is 11.8. The average Bonchev–Trinajstić information content (AvgIpc) is 2.23. The minimum atomic E-state index is 0.248. The Morgan fingerprint density at radius 3 is 2.44 bits per heavy atom. The van der Waals surface area contributed by atoms with E-state index in [1.807, 2.05) is 6.92 Å². The smallest absolute Gasteiger partial charge is 0.0709 e. The molecule has 16 heavy (non-hydrogen) atoms. The first kappa shape index (κ1) is 13.9. The molecular formula is C13H28N2O. The molecule has 0 radical (unpaired) electrons. The largest absolute Gasteiger partial charge is 0.377 e. The molecule has 96 valence electrons. The molecule has 0 saturated carbocycles. The summed E-state index contributed by atoms with van der Waals surface area (Å²) < 4.78 is 5.58. The lowest BCUT2D eigenvalue weighted by Crippen LogP contribution is -2.40. The predicted octanol–water partition coefficient (Wildman–Crippen LogP) is 1.72. The fourth-order valence-electron chi connectivity index (χ4n) is 2.81. The van der Waals surface area contributed by atoms with Crippen molar-refractivity contribution in [2.75, 3.05) is 32.8 Å². The standard InChI is InChI=1S/C13H28N2O/c1-4-16-13(8-14)5-6-15-9-11(2)7-12(3)10-15/h11-13H,4-10,14H2,1-3H3. The van der Waals surface area contributed by atoms with Gasteiger partial charge < -0.3 is 15.4 Å². The Kier molecular flexibility index (Phi) is 6.32. The van der Waals surface area contributed by atoms with Crippen LogP contribution in [0.1, 0.15) is 33.6 Å². The molecule has 2 N–H and O–H groups in total. The van der Waals surface area contributed by atoms with E-state index in [0.29, 0.717) is 6.54 Å². The van der Waals surface area contributed by atoms with E-state index in [4.69, 9.17) is 10.5 Å². The molecule has 1 fully saturated rings. The molecule has 0 aliphatic carbocycles. The molecule has 1 rings (SSSR count). The fraction of sp³-hybridized carbons (Fsp3) is 1.00. The SMILES string of the molecule is CCOC(CN)CCN1CC(C)CC(C)C1. The molecule has 0 spiro atoms. The van der Waals surface area contributed by atoms with Crippen LogP contribution >= 0.6 is 0 Å². The van der Waals surface area contributed by atoms with Gasteiger partial charge in [-0.1, -0.05) is 13.8 Å². The van der Waals surface area contributed by atoms with Gasteiger partial charge in [-0.05, 0) is 31.6 Å². The van der Waals surface area contributed by atoms with Crippen molar-refractivity contribution < 1.29 is 4.74 Å². The average molecular weight is 228 g/mol. The van der Waals surface area contributed by atoms with E-state index < -0.39 is 0 Å². The lowest BCUT2D eigenvalue weighted by atomic mass is 9.92. The van der Waals surface area contributed by atoms with E-state index in [1.54, 1.807) is 0 Å². The molecule has 0 aromatic heterocycles. The fourth-order valence-corrected chi connectivity index (χ4v) is 2.81. The van der Waals surface area contributed by atoms with E-state index >= 15 is 0 Å². The monoisotopic (exact) mass is 228 g/mol. The molecule has 0 aromatic rings. The molecule has 3 heteroatoms. The molecule has 0 bridgehead atoms. The Bertz CT molecular complexity index is 177. The second kappa shape index (κ2) is 7.25. The summed E-state index contributed by atoms with van der Waals surface area (Å²) in [6.07, 6.45) is 2.70. The summed E-state index contributed by atoms with van der Waals surface area (Å²) in [6, 6.07) is 0. The highest BCUT2D eigenvalue weighted by Gasteiger charge is 2.22. The molecule has 3 nitrogen and oxygen atoms in total. The summed E-state index contributed by atoms with van der Waals surface area (Å²) in [4.78, 5) is 2.57. The first-order chi connectivity index (χ1) is 7.65. The van der Waals surface area contributed by atoms with Crippen molar-refractivity contribution in [3.63, 3.8) is 0 Å². The van der Waals surface area contributed by atoms with Crippen LogP contribution in [0.4, 0.5) is 0 Å². The Hall–Kier alpha value is -0.120. The third-order valence-electron chi connectivity index (χ3n) is 3.38. The van der Waals surface area contributed by atoms with E-state index in [0.717, 1.165) is 31.4 Å². The highest BCUT2D eigenvalue weighted by molar-refractivity contribution is 4.75. The van der Waals surface area contributed by atoms with E-state index in [2.05, 4.69) is 18.7 Å². The van der Waals surface area contributed by atoms with Crippen molar-refractivity contribution in [3.8, 4) is 0 Å². The van der Waals surface area contributed by atoms with Crippen LogP contribution in [0.5, 0.6) is 0 Å². The molecule has 1 heterocycles. The maximum Gasteiger partial charge on any atom is 0.0709 e. The van der Waals surface area contributed by atoms with Crippen molar-refractivity contribution >= 4 is 0 Å². The quantitative estimate of drug-likeness (QED) is 0.752. The summed E-state index contributed by atoms with van der Waals surface area (Å²) in [5.74, 6) is 1.68. The zero-order valence-electron chi connectivity index (χ0n) is 11.1. The molecule has 1 aliphatic heterocycles. The minimum Gasteiger partial charge on any atom is -0.377 e. The zero-order chi connectivity index (χ0) is 12.0.